The fourth-order valence-electron chi connectivity index (χ4n) is 3.10. The summed E-state index contributed by atoms with van der Waals surface area (Å²) in [6.45, 7) is 0.790. The van der Waals surface area contributed by atoms with Gasteiger partial charge in [-0.3, -0.25) is 9.59 Å². The van der Waals surface area contributed by atoms with Gasteiger partial charge in [0.15, 0.2) is 5.82 Å². The molecule has 2 aliphatic rings. The molecule has 25 heavy (non-hydrogen) atoms. The Kier molecular flexibility index (Phi) is 4.21. The van der Waals surface area contributed by atoms with E-state index < -0.39 is 0 Å². The molecule has 0 spiro atoms. The van der Waals surface area contributed by atoms with Crippen LogP contribution in [0.3, 0.4) is 0 Å². The number of aromatic nitrogens is 2. The molecule has 2 aromatic rings. The van der Waals surface area contributed by atoms with Crippen molar-refractivity contribution in [2.75, 3.05) is 0 Å². The Morgan fingerprint density at radius 3 is 2.80 bits per heavy atom. The van der Waals surface area contributed by atoms with Crippen molar-refractivity contribution in [2.24, 2.45) is 5.92 Å². The van der Waals surface area contributed by atoms with Crippen molar-refractivity contribution in [2.45, 2.75) is 44.8 Å². The van der Waals surface area contributed by atoms with E-state index in [2.05, 4.69) is 15.5 Å². The molecule has 0 radical (unpaired) electrons. The first-order valence-electron chi connectivity index (χ1n) is 8.64. The van der Waals surface area contributed by atoms with Crippen LogP contribution in [-0.4, -0.2) is 26.9 Å². The van der Waals surface area contributed by atoms with Crippen LogP contribution in [-0.2, 0) is 22.7 Å². The van der Waals surface area contributed by atoms with Gasteiger partial charge in [0.1, 0.15) is 6.04 Å². The summed E-state index contributed by atoms with van der Waals surface area (Å²) >= 11 is 0. The second kappa shape index (κ2) is 6.66. The van der Waals surface area contributed by atoms with Gasteiger partial charge in [-0.1, -0.05) is 35.5 Å². The Balaban J connectivity index is 1.42. The van der Waals surface area contributed by atoms with Gasteiger partial charge in [0.05, 0.1) is 6.54 Å². The van der Waals surface area contributed by atoms with Crippen LogP contribution in [0.2, 0.25) is 0 Å². The van der Waals surface area contributed by atoms with E-state index in [4.69, 9.17) is 4.52 Å². The molecule has 1 aromatic heterocycles. The number of nitrogens with zero attached hydrogens (tertiary/aromatic N) is 3. The smallest absolute Gasteiger partial charge is 0.249 e. The van der Waals surface area contributed by atoms with Crippen LogP contribution in [0.15, 0.2) is 34.9 Å². The highest BCUT2D eigenvalue weighted by Crippen LogP contribution is 2.33. The third-order valence-corrected chi connectivity index (χ3v) is 4.66. The molecule has 4 rings (SSSR count). The maximum atomic E-state index is 12.2. The quantitative estimate of drug-likeness (QED) is 0.868. The van der Waals surface area contributed by atoms with Gasteiger partial charge >= 0.3 is 0 Å². The Labute approximate surface area is 145 Å². The van der Waals surface area contributed by atoms with E-state index >= 15 is 0 Å². The van der Waals surface area contributed by atoms with Crippen LogP contribution >= 0.6 is 0 Å². The van der Waals surface area contributed by atoms with Crippen molar-refractivity contribution >= 4 is 11.8 Å². The van der Waals surface area contributed by atoms with Crippen LogP contribution in [0.25, 0.3) is 0 Å². The minimum Gasteiger partial charge on any atom is -0.348 e. The number of nitrogens with one attached hydrogen (secondary N) is 1. The minimum absolute atomic E-state index is 0.0492. The van der Waals surface area contributed by atoms with E-state index in [-0.39, 0.29) is 30.3 Å². The first kappa shape index (κ1) is 15.8. The summed E-state index contributed by atoms with van der Waals surface area (Å²) in [5.41, 5.74) is 1.07. The van der Waals surface area contributed by atoms with Crippen LogP contribution in [0.5, 0.6) is 0 Å². The fraction of sp³-hybridized carbons (Fsp3) is 0.444. The summed E-state index contributed by atoms with van der Waals surface area (Å²) in [6.07, 6.45) is 3.07. The van der Waals surface area contributed by atoms with Gasteiger partial charge in [0.25, 0.3) is 0 Å². The summed E-state index contributed by atoms with van der Waals surface area (Å²) in [4.78, 5) is 30.1. The molecule has 1 saturated heterocycles. The van der Waals surface area contributed by atoms with E-state index in [1.807, 2.05) is 30.3 Å². The minimum atomic E-state index is -0.201. The van der Waals surface area contributed by atoms with Crippen LogP contribution in [0, 0.1) is 5.92 Å². The normalized spacial score (nSPS) is 20.1. The Hall–Kier alpha value is -2.70. The third kappa shape index (κ3) is 3.55. The summed E-state index contributed by atoms with van der Waals surface area (Å²) in [6, 6.07) is 9.65. The molecule has 1 aliphatic heterocycles. The van der Waals surface area contributed by atoms with Crippen molar-refractivity contribution in [3.8, 4) is 0 Å². The number of carbonyl (C=O) groups excluding carboxylic acids is 2. The average molecular weight is 340 g/mol. The molecule has 2 amide bonds. The molecule has 130 valence electrons. The Morgan fingerprint density at radius 1 is 1.24 bits per heavy atom. The van der Waals surface area contributed by atoms with Gasteiger partial charge in [0.2, 0.25) is 17.7 Å². The van der Waals surface area contributed by atoms with Crippen molar-refractivity contribution in [3.05, 3.63) is 47.6 Å². The maximum absolute atomic E-state index is 12.2. The summed E-state index contributed by atoms with van der Waals surface area (Å²) in [5, 5.41) is 6.76. The van der Waals surface area contributed by atoms with Crippen LogP contribution in [0.4, 0.5) is 0 Å². The van der Waals surface area contributed by atoms with E-state index in [1.165, 1.54) is 0 Å². The monoisotopic (exact) mass is 340 g/mol. The van der Waals surface area contributed by atoms with E-state index in [0.717, 1.165) is 18.4 Å². The molecule has 1 aromatic carbocycles. The van der Waals surface area contributed by atoms with Crippen molar-refractivity contribution < 1.29 is 14.1 Å². The van der Waals surface area contributed by atoms with Crippen molar-refractivity contribution in [1.82, 2.24) is 20.4 Å². The first-order valence-corrected chi connectivity index (χ1v) is 8.64. The molecule has 2 heterocycles. The fourth-order valence-corrected chi connectivity index (χ4v) is 3.10. The van der Waals surface area contributed by atoms with E-state index in [1.54, 1.807) is 4.90 Å². The lowest BCUT2D eigenvalue weighted by atomic mass is 10.2. The molecule has 7 heteroatoms. The summed E-state index contributed by atoms with van der Waals surface area (Å²) in [7, 11) is 0. The number of hydrogen-bond donors (Lipinski definition) is 1. The molecule has 0 bridgehead atoms. The predicted octanol–water partition coefficient (Wildman–Crippen LogP) is 1.96. The molecule has 1 aliphatic carbocycles. The first-order chi connectivity index (χ1) is 12.2. The number of hydrogen-bond acceptors (Lipinski definition) is 5. The Bertz CT molecular complexity index is 770. The molecule has 0 unspecified atom stereocenters. The zero-order chi connectivity index (χ0) is 17.2. The second-order valence-electron chi connectivity index (χ2n) is 6.60. The number of likely N-dealkylation sites (tertiary alicyclic amines) is 1. The molecule has 2 fully saturated rings. The molecule has 1 saturated carbocycles. The summed E-state index contributed by atoms with van der Waals surface area (Å²) in [5.74, 6) is 1.18. The topological polar surface area (TPSA) is 88.3 Å². The van der Waals surface area contributed by atoms with Gasteiger partial charge < -0.3 is 14.7 Å². The highest BCUT2D eigenvalue weighted by Gasteiger charge is 2.36. The van der Waals surface area contributed by atoms with Gasteiger partial charge in [-0.2, -0.15) is 4.98 Å². The highest BCUT2D eigenvalue weighted by molar-refractivity contribution is 5.80. The van der Waals surface area contributed by atoms with Crippen molar-refractivity contribution in [3.63, 3.8) is 0 Å². The SMILES string of the molecule is O=C(NCc1noc([C@@H]2CCC(=O)N2Cc2ccccc2)n1)C1CC1. The van der Waals surface area contributed by atoms with Gasteiger partial charge in [-0.15, -0.1) is 0 Å². The number of rotatable bonds is 6. The largest absolute Gasteiger partial charge is 0.348 e. The van der Waals surface area contributed by atoms with Crippen molar-refractivity contribution in [1.29, 1.82) is 0 Å². The molecule has 1 N–H and O–H groups in total. The molecular formula is C18H20N4O3. The van der Waals surface area contributed by atoms with Gasteiger partial charge in [0, 0.05) is 18.9 Å². The third-order valence-electron chi connectivity index (χ3n) is 4.66. The number of carbonyl (C=O) groups is 2. The van der Waals surface area contributed by atoms with E-state index in [0.29, 0.717) is 31.1 Å². The predicted molar refractivity (Wildman–Crippen MR) is 87.8 cm³/mol. The average Bonchev–Trinajstić information content (AvgIpc) is 3.28. The lowest BCUT2D eigenvalue weighted by Crippen LogP contribution is -2.27. The molecule has 7 nitrogen and oxygen atoms in total. The number of benzene rings is 1. The standard InChI is InChI=1S/C18H20N4O3/c23-16-9-8-14(22(16)11-12-4-2-1-3-5-12)18-20-15(21-25-18)10-19-17(24)13-6-7-13/h1-5,13-14H,6-11H2,(H,19,24)/t14-/m0/s1. The Morgan fingerprint density at radius 2 is 2.04 bits per heavy atom. The molecular weight excluding hydrogens is 320 g/mol. The highest BCUT2D eigenvalue weighted by atomic mass is 16.5. The van der Waals surface area contributed by atoms with Crippen LogP contribution < -0.4 is 5.32 Å². The second-order valence-corrected chi connectivity index (χ2v) is 6.60. The lowest BCUT2D eigenvalue weighted by Gasteiger charge is -2.22. The van der Waals surface area contributed by atoms with Crippen LogP contribution in [0.1, 0.15) is 49.0 Å². The maximum Gasteiger partial charge on any atom is 0.249 e. The van der Waals surface area contributed by atoms with E-state index in [9.17, 15) is 9.59 Å². The summed E-state index contributed by atoms with van der Waals surface area (Å²) < 4.78 is 5.37. The van der Waals surface area contributed by atoms with Gasteiger partial charge in [-0.05, 0) is 24.8 Å². The zero-order valence-corrected chi connectivity index (χ0v) is 13.9. The molecule has 1 atom stereocenters. The number of amides is 2. The lowest BCUT2D eigenvalue weighted by molar-refractivity contribution is -0.130. The van der Waals surface area contributed by atoms with Gasteiger partial charge in [-0.25, -0.2) is 0 Å². The zero-order valence-electron chi connectivity index (χ0n) is 13.9.